The minimum Gasteiger partial charge on any atom is -0.399 e. The Morgan fingerprint density at radius 2 is 1.68 bits per heavy atom. The maximum atomic E-state index is 8.96. The summed E-state index contributed by atoms with van der Waals surface area (Å²) in [7, 11) is 0. The van der Waals surface area contributed by atoms with Gasteiger partial charge in [0.2, 0.25) is 0 Å². The van der Waals surface area contributed by atoms with Crippen LogP contribution in [0.4, 0.5) is 17.1 Å². The molecule has 0 bridgehead atoms. The minimum absolute atomic E-state index is 0.0354. The number of nitrogens with two attached hydrogens (primary N) is 1. The van der Waals surface area contributed by atoms with Crippen LogP contribution in [-0.2, 0) is 6.61 Å². The first kappa shape index (κ1) is 13.2. The molecule has 3 N–H and O–H groups in total. The van der Waals surface area contributed by atoms with Crippen LogP contribution < -0.4 is 5.73 Å². The second kappa shape index (κ2) is 5.63. The van der Waals surface area contributed by atoms with Crippen LogP contribution >= 0.6 is 0 Å². The Morgan fingerprint density at radius 3 is 2.32 bits per heavy atom. The van der Waals surface area contributed by atoms with Gasteiger partial charge in [-0.15, -0.1) is 0 Å². The predicted octanol–water partition coefficient (Wildman–Crippen LogP) is 3.79. The second-order valence-electron chi connectivity index (χ2n) is 4.52. The van der Waals surface area contributed by atoms with Crippen LogP contribution in [0.3, 0.4) is 0 Å². The van der Waals surface area contributed by atoms with E-state index in [1.165, 1.54) is 0 Å². The average Bonchev–Trinajstić information content (AvgIpc) is 2.42. The first-order valence-electron chi connectivity index (χ1n) is 6.08. The molecule has 0 saturated carbocycles. The highest BCUT2D eigenvalue weighted by Gasteiger charge is 2.01. The Morgan fingerprint density at radius 1 is 1.00 bits per heavy atom. The lowest BCUT2D eigenvalue weighted by Crippen LogP contribution is -1.89. The molecule has 0 spiro atoms. The molecule has 0 radical (unpaired) electrons. The summed E-state index contributed by atoms with van der Waals surface area (Å²) in [6, 6.07) is 11.1. The molecule has 0 aliphatic carbocycles. The van der Waals surface area contributed by atoms with Crippen LogP contribution in [0.2, 0.25) is 0 Å². The first-order chi connectivity index (χ1) is 9.10. The van der Waals surface area contributed by atoms with Crippen LogP contribution in [0.25, 0.3) is 0 Å². The van der Waals surface area contributed by atoms with E-state index in [0.717, 1.165) is 33.8 Å². The molecule has 0 aliphatic heterocycles. The van der Waals surface area contributed by atoms with E-state index >= 15 is 0 Å². The number of nitrogen functional groups attached to an aromatic ring is 1. The Hall–Kier alpha value is -2.20. The molecule has 0 atom stereocenters. The maximum Gasteiger partial charge on any atom is 0.0890 e. The Labute approximate surface area is 112 Å². The van der Waals surface area contributed by atoms with E-state index < -0.39 is 0 Å². The number of nitrogens with zero attached hydrogens (tertiary/aromatic N) is 2. The number of aliphatic hydroxyl groups is 1. The van der Waals surface area contributed by atoms with Crippen molar-refractivity contribution in [2.24, 2.45) is 10.2 Å². The topological polar surface area (TPSA) is 71.0 Å². The predicted molar refractivity (Wildman–Crippen MR) is 76.9 cm³/mol. The highest BCUT2D eigenvalue weighted by atomic mass is 16.3. The summed E-state index contributed by atoms with van der Waals surface area (Å²) in [5.74, 6) is 0. The fourth-order valence-corrected chi connectivity index (χ4v) is 1.71. The number of azo groups is 1. The van der Waals surface area contributed by atoms with Crippen molar-refractivity contribution in [1.29, 1.82) is 0 Å². The molecule has 0 aromatic heterocycles. The van der Waals surface area contributed by atoms with Gasteiger partial charge in [-0.3, -0.25) is 0 Å². The van der Waals surface area contributed by atoms with Crippen LogP contribution in [0.1, 0.15) is 16.7 Å². The third-order valence-electron chi connectivity index (χ3n) is 2.98. The van der Waals surface area contributed by atoms with E-state index in [2.05, 4.69) is 10.2 Å². The van der Waals surface area contributed by atoms with Crippen LogP contribution in [0.15, 0.2) is 46.6 Å². The summed E-state index contributed by atoms with van der Waals surface area (Å²) in [6.45, 7) is 3.94. The molecule has 2 aromatic rings. The van der Waals surface area contributed by atoms with E-state index in [9.17, 15) is 0 Å². The fourth-order valence-electron chi connectivity index (χ4n) is 1.71. The van der Waals surface area contributed by atoms with E-state index in [-0.39, 0.29) is 6.61 Å². The standard InChI is InChI=1S/C15H17N3O/c1-10-8-15(11(2)7-14(10)16)18-17-13-5-3-12(9-19)4-6-13/h3-8,19H,9,16H2,1-2H3. The van der Waals surface area contributed by atoms with Crippen LogP contribution in [-0.4, -0.2) is 5.11 Å². The highest BCUT2D eigenvalue weighted by molar-refractivity contribution is 5.59. The van der Waals surface area contributed by atoms with Gasteiger partial charge in [0.05, 0.1) is 18.0 Å². The summed E-state index contributed by atoms with van der Waals surface area (Å²) < 4.78 is 0. The van der Waals surface area contributed by atoms with E-state index in [1.54, 1.807) is 0 Å². The molecule has 0 amide bonds. The zero-order valence-corrected chi connectivity index (χ0v) is 11.1. The Bertz CT molecular complexity index is 604. The van der Waals surface area contributed by atoms with Gasteiger partial charge in [0.1, 0.15) is 0 Å². The molecule has 19 heavy (non-hydrogen) atoms. The first-order valence-corrected chi connectivity index (χ1v) is 6.08. The smallest absolute Gasteiger partial charge is 0.0890 e. The van der Waals surface area contributed by atoms with Crippen molar-refractivity contribution >= 4 is 17.1 Å². The lowest BCUT2D eigenvalue weighted by atomic mass is 10.1. The number of aryl methyl sites for hydroxylation is 2. The molecule has 0 aliphatic rings. The van der Waals surface area contributed by atoms with Gasteiger partial charge in [-0.1, -0.05) is 12.1 Å². The molecule has 4 nitrogen and oxygen atoms in total. The summed E-state index contributed by atoms with van der Waals surface area (Å²) in [5.41, 5.74) is 11.0. The molecule has 0 saturated heterocycles. The number of hydrogen-bond donors (Lipinski definition) is 2. The molecule has 98 valence electrons. The molecule has 0 unspecified atom stereocenters. The number of hydrogen-bond acceptors (Lipinski definition) is 4. The zero-order chi connectivity index (χ0) is 13.8. The largest absolute Gasteiger partial charge is 0.399 e. The van der Waals surface area contributed by atoms with Crippen molar-refractivity contribution in [2.45, 2.75) is 20.5 Å². The van der Waals surface area contributed by atoms with Gasteiger partial charge in [-0.25, -0.2) is 0 Å². The van der Waals surface area contributed by atoms with Crippen molar-refractivity contribution in [3.8, 4) is 0 Å². The Kier molecular flexibility index (Phi) is 3.92. The van der Waals surface area contributed by atoms with Crippen molar-refractivity contribution in [3.05, 3.63) is 53.1 Å². The van der Waals surface area contributed by atoms with Gasteiger partial charge in [-0.2, -0.15) is 10.2 Å². The summed E-state index contributed by atoms with van der Waals surface area (Å²) in [5, 5.41) is 17.4. The number of benzene rings is 2. The zero-order valence-electron chi connectivity index (χ0n) is 11.1. The minimum atomic E-state index is 0.0354. The molecule has 0 fully saturated rings. The Balaban J connectivity index is 2.24. The molecule has 0 heterocycles. The van der Waals surface area contributed by atoms with E-state index in [0.29, 0.717) is 0 Å². The lowest BCUT2D eigenvalue weighted by molar-refractivity contribution is 0.282. The fraction of sp³-hybridized carbons (Fsp3) is 0.200. The number of anilines is 1. The molecular formula is C15H17N3O. The summed E-state index contributed by atoms with van der Waals surface area (Å²) in [6.07, 6.45) is 0. The van der Waals surface area contributed by atoms with E-state index in [4.69, 9.17) is 10.8 Å². The molecule has 2 rings (SSSR count). The normalized spacial score (nSPS) is 11.1. The molecular weight excluding hydrogens is 238 g/mol. The van der Waals surface area contributed by atoms with Gasteiger partial charge in [0.15, 0.2) is 0 Å². The third kappa shape index (κ3) is 3.17. The molecule has 4 heteroatoms. The SMILES string of the molecule is Cc1cc(N=Nc2ccc(CO)cc2)c(C)cc1N. The van der Waals surface area contributed by atoms with Crippen molar-refractivity contribution in [2.75, 3.05) is 5.73 Å². The van der Waals surface area contributed by atoms with Gasteiger partial charge >= 0.3 is 0 Å². The van der Waals surface area contributed by atoms with Crippen molar-refractivity contribution < 1.29 is 5.11 Å². The molecule has 2 aromatic carbocycles. The second-order valence-corrected chi connectivity index (χ2v) is 4.52. The van der Waals surface area contributed by atoms with Crippen LogP contribution in [0, 0.1) is 13.8 Å². The third-order valence-corrected chi connectivity index (χ3v) is 2.98. The quantitative estimate of drug-likeness (QED) is 0.647. The van der Waals surface area contributed by atoms with E-state index in [1.807, 2.05) is 50.2 Å². The lowest BCUT2D eigenvalue weighted by Gasteiger charge is -2.04. The van der Waals surface area contributed by atoms with Crippen molar-refractivity contribution in [3.63, 3.8) is 0 Å². The van der Waals surface area contributed by atoms with Crippen molar-refractivity contribution in [1.82, 2.24) is 0 Å². The number of aliphatic hydroxyl groups excluding tert-OH is 1. The maximum absolute atomic E-state index is 8.96. The van der Waals surface area contributed by atoms with Crippen LogP contribution in [0.5, 0.6) is 0 Å². The highest BCUT2D eigenvalue weighted by Crippen LogP contribution is 2.26. The monoisotopic (exact) mass is 255 g/mol. The summed E-state index contributed by atoms with van der Waals surface area (Å²) >= 11 is 0. The average molecular weight is 255 g/mol. The summed E-state index contributed by atoms with van der Waals surface area (Å²) in [4.78, 5) is 0. The number of rotatable bonds is 3. The van der Waals surface area contributed by atoms with Gasteiger partial charge < -0.3 is 10.8 Å². The van der Waals surface area contributed by atoms with Gasteiger partial charge in [-0.05, 0) is 54.8 Å². The van der Waals surface area contributed by atoms with Gasteiger partial charge in [0.25, 0.3) is 0 Å². The van der Waals surface area contributed by atoms with Gasteiger partial charge in [0, 0.05) is 5.69 Å².